The number of rotatable bonds is 42. The molecule has 2 aliphatic heterocycles. The lowest BCUT2D eigenvalue weighted by Crippen LogP contribution is -2.37. The van der Waals surface area contributed by atoms with Crippen LogP contribution in [-0.2, 0) is 37.5 Å². The number of nitrogens with zero attached hydrogens (tertiary/aromatic N) is 1. The normalized spacial score (nSPS) is 18.6. The standard InChI is InChI=1S/C48H89N4O10PS/c1-5-6-7-8-9-10-11-12-13-14-15-17-20-23-26-33-45(54)59-38-41(39-61-63(57,58)60-37-36-52(2,3)4)62-46(55)34-27-24-21-18-16-19-22-25-30-35-49-44(53)32-29-28-31-43-47-42(40-64-43)50-48(56)51-47/h12-13,41-43,47H,5-11,14-40H2,1-4H3,(H3-,49,50,51,53,56,57,58)/p+1/b13-12-/t41-,42+,43+,47+/m1/s1. The van der Waals surface area contributed by atoms with Gasteiger partial charge >= 0.3 is 25.8 Å². The first-order chi connectivity index (χ1) is 30.8. The van der Waals surface area contributed by atoms with E-state index in [0.29, 0.717) is 42.1 Å². The smallest absolute Gasteiger partial charge is 0.462 e. The summed E-state index contributed by atoms with van der Waals surface area (Å²) in [6.07, 6.45) is 31.7. The number of esters is 2. The number of fused-ring (bicyclic) bond motifs is 1. The average Bonchev–Trinajstić information content (AvgIpc) is 3.80. The molecule has 4 N–H and O–H groups in total. The van der Waals surface area contributed by atoms with Crippen LogP contribution >= 0.6 is 19.6 Å². The van der Waals surface area contributed by atoms with E-state index in [0.717, 1.165) is 108 Å². The fourth-order valence-corrected chi connectivity index (χ4v) is 10.1. The number of amides is 3. The Morgan fingerprint density at radius 2 is 1.31 bits per heavy atom. The number of ether oxygens (including phenoxy) is 2. The minimum atomic E-state index is -4.41. The fraction of sp³-hybridized carbons (Fsp3) is 0.875. The lowest BCUT2D eigenvalue weighted by atomic mass is 10.0. The second-order valence-corrected chi connectivity index (χ2v) is 21.6. The molecule has 0 saturated carbocycles. The summed E-state index contributed by atoms with van der Waals surface area (Å²) in [5, 5.41) is 9.48. The molecule has 0 spiro atoms. The lowest BCUT2D eigenvalue weighted by molar-refractivity contribution is -0.870. The Balaban J connectivity index is 1.52. The highest BCUT2D eigenvalue weighted by molar-refractivity contribution is 8.00. The van der Waals surface area contributed by atoms with E-state index < -0.39 is 32.5 Å². The third-order valence-corrected chi connectivity index (χ3v) is 14.3. The Kier molecular flexibility index (Phi) is 32.6. The second-order valence-electron chi connectivity index (χ2n) is 18.9. The molecule has 2 rings (SSSR count). The summed E-state index contributed by atoms with van der Waals surface area (Å²) >= 11 is 1.91. The molecule has 64 heavy (non-hydrogen) atoms. The number of hydrogen-bond donors (Lipinski definition) is 4. The van der Waals surface area contributed by atoms with E-state index in [-0.39, 0.29) is 50.1 Å². The topological polar surface area (TPSA) is 179 Å². The van der Waals surface area contributed by atoms with Crippen molar-refractivity contribution in [3.8, 4) is 0 Å². The monoisotopic (exact) mass is 946 g/mol. The molecule has 2 fully saturated rings. The van der Waals surface area contributed by atoms with Gasteiger partial charge in [0, 0.05) is 36.8 Å². The zero-order valence-electron chi connectivity index (χ0n) is 40.4. The molecule has 5 atom stereocenters. The highest BCUT2D eigenvalue weighted by Gasteiger charge is 2.42. The molecule has 2 aliphatic rings. The van der Waals surface area contributed by atoms with Gasteiger partial charge in [-0.05, 0) is 57.8 Å². The van der Waals surface area contributed by atoms with Crippen LogP contribution in [0.3, 0.4) is 0 Å². The summed E-state index contributed by atoms with van der Waals surface area (Å²) in [4.78, 5) is 59.3. The van der Waals surface area contributed by atoms with Crippen molar-refractivity contribution in [2.75, 3.05) is 59.8 Å². The Bertz CT molecular complexity index is 1350. The quantitative estimate of drug-likeness (QED) is 0.0114. The van der Waals surface area contributed by atoms with Crippen molar-refractivity contribution < 1.29 is 51.6 Å². The molecule has 2 saturated heterocycles. The first kappa shape index (κ1) is 58.0. The minimum absolute atomic E-state index is 0.0116. The molecular weight excluding hydrogens is 856 g/mol. The number of thioether (sulfide) groups is 1. The first-order valence-electron chi connectivity index (χ1n) is 25.2. The Labute approximate surface area is 391 Å². The number of phosphoric ester groups is 1. The van der Waals surface area contributed by atoms with Crippen LogP contribution in [0.5, 0.6) is 0 Å². The molecule has 0 aromatic carbocycles. The molecule has 0 aliphatic carbocycles. The average molecular weight is 946 g/mol. The van der Waals surface area contributed by atoms with Crippen molar-refractivity contribution in [3.05, 3.63) is 12.2 Å². The molecule has 14 nitrogen and oxygen atoms in total. The maximum atomic E-state index is 12.8. The Morgan fingerprint density at radius 3 is 1.94 bits per heavy atom. The molecule has 1 unspecified atom stereocenters. The predicted octanol–water partition coefficient (Wildman–Crippen LogP) is 10.1. The van der Waals surface area contributed by atoms with Gasteiger partial charge in [0.25, 0.3) is 0 Å². The number of carbonyl (C=O) groups is 4. The van der Waals surface area contributed by atoms with Gasteiger partial charge in [-0.25, -0.2) is 9.36 Å². The largest absolute Gasteiger partial charge is 0.472 e. The maximum Gasteiger partial charge on any atom is 0.472 e. The van der Waals surface area contributed by atoms with E-state index in [1.54, 1.807) is 0 Å². The first-order valence-corrected chi connectivity index (χ1v) is 27.7. The molecule has 0 aromatic rings. The summed E-state index contributed by atoms with van der Waals surface area (Å²) in [5.41, 5.74) is 0. The van der Waals surface area contributed by atoms with Crippen LogP contribution in [-0.4, -0.2) is 116 Å². The number of hydrogen-bond acceptors (Lipinski definition) is 10. The van der Waals surface area contributed by atoms with Crippen molar-refractivity contribution >= 4 is 43.5 Å². The van der Waals surface area contributed by atoms with E-state index in [9.17, 15) is 28.6 Å². The number of carbonyl (C=O) groups excluding carboxylic acids is 4. The van der Waals surface area contributed by atoms with Gasteiger partial charge in [-0.3, -0.25) is 23.4 Å². The van der Waals surface area contributed by atoms with Gasteiger partial charge in [-0.1, -0.05) is 122 Å². The van der Waals surface area contributed by atoms with Crippen LogP contribution in [0, 0.1) is 0 Å². The van der Waals surface area contributed by atoms with Crippen LogP contribution in [0.1, 0.15) is 187 Å². The van der Waals surface area contributed by atoms with Crippen LogP contribution in [0.4, 0.5) is 4.79 Å². The summed E-state index contributed by atoms with van der Waals surface area (Å²) in [7, 11) is 1.41. The summed E-state index contributed by atoms with van der Waals surface area (Å²) in [5.74, 6) is 0.219. The molecule has 0 bridgehead atoms. The van der Waals surface area contributed by atoms with Crippen LogP contribution in [0.25, 0.3) is 0 Å². The van der Waals surface area contributed by atoms with Crippen LogP contribution in [0.2, 0.25) is 0 Å². The Morgan fingerprint density at radius 1 is 0.750 bits per heavy atom. The van der Waals surface area contributed by atoms with Gasteiger partial charge in [-0.15, -0.1) is 0 Å². The zero-order valence-corrected chi connectivity index (χ0v) is 42.1. The SMILES string of the molecule is CCCCCCCC/C=C\CCCCCCCC(=O)OC[C@H](COP(=O)(O)OCC[N+](C)(C)C)OC(=O)CCCCCCCCCCCNC(=O)CCCC[C@@H]1SC[C@@H]2NC(=O)N[C@@H]21. The van der Waals surface area contributed by atoms with E-state index >= 15 is 0 Å². The van der Waals surface area contributed by atoms with E-state index in [4.69, 9.17) is 18.5 Å². The maximum absolute atomic E-state index is 12.8. The Hall–Kier alpha value is -2.16. The van der Waals surface area contributed by atoms with Crippen molar-refractivity contribution in [3.63, 3.8) is 0 Å². The van der Waals surface area contributed by atoms with E-state index in [1.165, 1.54) is 44.9 Å². The number of unbranched alkanes of at least 4 members (excludes halogenated alkanes) is 20. The minimum Gasteiger partial charge on any atom is -0.462 e. The predicted molar refractivity (Wildman–Crippen MR) is 258 cm³/mol. The lowest BCUT2D eigenvalue weighted by Gasteiger charge is -2.24. The molecule has 16 heteroatoms. The second kappa shape index (κ2) is 36.0. The zero-order chi connectivity index (χ0) is 46.7. The van der Waals surface area contributed by atoms with Gasteiger partial charge in [-0.2, -0.15) is 11.8 Å². The van der Waals surface area contributed by atoms with Crippen molar-refractivity contribution in [1.82, 2.24) is 16.0 Å². The van der Waals surface area contributed by atoms with Crippen molar-refractivity contribution in [2.45, 2.75) is 210 Å². The number of urea groups is 1. The number of phosphoric acid groups is 1. The molecule has 0 radical (unpaired) electrons. The van der Waals surface area contributed by atoms with Gasteiger partial charge in [0.05, 0.1) is 39.8 Å². The van der Waals surface area contributed by atoms with Crippen molar-refractivity contribution in [1.29, 1.82) is 0 Å². The van der Waals surface area contributed by atoms with Gasteiger partial charge in [0.15, 0.2) is 6.10 Å². The van der Waals surface area contributed by atoms with Gasteiger partial charge in [0.1, 0.15) is 19.8 Å². The number of quaternary nitrogens is 1. The molecule has 3 amide bonds. The summed E-state index contributed by atoms with van der Waals surface area (Å²) < 4.78 is 34.4. The van der Waals surface area contributed by atoms with Crippen LogP contribution < -0.4 is 16.0 Å². The highest BCUT2D eigenvalue weighted by Crippen LogP contribution is 2.43. The molecule has 2 heterocycles. The third-order valence-electron chi connectivity index (χ3n) is 11.8. The summed E-state index contributed by atoms with van der Waals surface area (Å²) in [6.45, 7) is 2.77. The number of allylic oxidation sites excluding steroid dienone is 2. The summed E-state index contributed by atoms with van der Waals surface area (Å²) in [6, 6.07) is 0.408. The van der Waals surface area contributed by atoms with E-state index in [1.807, 2.05) is 32.9 Å². The van der Waals surface area contributed by atoms with Gasteiger partial charge < -0.3 is 34.8 Å². The number of likely N-dealkylation sites (N-methyl/N-ethyl adjacent to an activating group) is 1. The highest BCUT2D eigenvalue weighted by atomic mass is 32.2. The fourth-order valence-electron chi connectivity index (χ4n) is 7.83. The van der Waals surface area contributed by atoms with Gasteiger partial charge in [0.2, 0.25) is 5.91 Å². The molecular formula is C48H90N4O10PS+. The van der Waals surface area contributed by atoms with Crippen LogP contribution in [0.15, 0.2) is 12.2 Å². The molecule has 0 aromatic heterocycles. The molecule has 372 valence electrons. The van der Waals surface area contributed by atoms with Crippen molar-refractivity contribution in [2.24, 2.45) is 0 Å². The number of nitrogens with one attached hydrogen (secondary N) is 3. The van der Waals surface area contributed by atoms with E-state index in [2.05, 4.69) is 35.0 Å². The third kappa shape index (κ3) is 31.7.